The zero-order chi connectivity index (χ0) is 12.0. The summed E-state index contributed by atoms with van der Waals surface area (Å²) in [5, 5.41) is 0. The van der Waals surface area contributed by atoms with Crippen LogP contribution in [0.3, 0.4) is 0 Å². The molecule has 1 heterocycles. The van der Waals surface area contributed by atoms with E-state index in [1.165, 1.54) is 0 Å². The normalized spacial score (nSPS) is 9.81. The minimum absolute atomic E-state index is 0.0493. The predicted octanol–water partition coefficient (Wildman–Crippen LogP) is 1.71. The molecule has 0 bridgehead atoms. The van der Waals surface area contributed by atoms with Gasteiger partial charge in [0.1, 0.15) is 12.8 Å². The van der Waals surface area contributed by atoms with Crippen LogP contribution in [0.1, 0.15) is 30.3 Å². The first-order chi connectivity index (χ1) is 7.66. The lowest BCUT2D eigenvalue weighted by Gasteiger charge is -2.01. The number of unbranched alkanes of at least 4 members (excludes halogenated alkanes) is 1. The molecule has 84 valence electrons. The maximum atomic E-state index is 11.8. The van der Waals surface area contributed by atoms with E-state index >= 15 is 0 Å². The monoisotopic (exact) mass is 218 g/mol. The maximum Gasteiger partial charge on any atom is 0.253 e. The molecule has 0 amide bonds. The lowest BCUT2D eigenvalue weighted by atomic mass is 10.1. The zero-order valence-electron chi connectivity index (χ0n) is 9.48. The van der Waals surface area contributed by atoms with E-state index in [-0.39, 0.29) is 5.78 Å². The van der Waals surface area contributed by atoms with Gasteiger partial charge in [0, 0.05) is 25.0 Å². The van der Waals surface area contributed by atoms with Crippen molar-refractivity contribution in [3.8, 4) is 0 Å². The Labute approximate surface area is 95.4 Å². The molecule has 1 aromatic rings. The van der Waals surface area contributed by atoms with Gasteiger partial charge in [-0.2, -0.15) is 4.57 Å². The van der Waals surface area contributed by atoms with Gasteiger partial charge in [0.15, 0.2) is 6.20 Å². The van der Waals surface area contributed by atoms with Gasteiger partial charge in [-0.15, -0.1) is 0 Å². The molecule has 0 aromatic carbocycles. The summed E-state index contributed by atoms with van der Waals surface area (Å²) in [6, 6.07) is 5.47. The van der Waals surface area contributed by atoms with E-state index in [1.54, 1.807) is 13.0 Å². The Bertz CT molecular complexity index is 410. The molecule has 0 saturated carbocycles. The van der Waals surface area contributed by atoms with Crippen LogP contribution in [0.25, 0.3) is 0 Å². The molecule has 0 aliphatic heterocycles. The maximum absolute atomic E-state index is 11.8. The van der Waals surface area contributed by atoms with Crippen molar-refractivity contribution < 1.29 is 14.2 Å². The summed E-state index contributed by atoms with van der Waals surface area (Å²) in [4.78, 5) is 22.0. The van der Waals surface area contributed by atoms with E-state index in [0.717, 1.165) is 12.7 Å². The van der Waals surface area contributed by atoms with Crippen molar-refractivity contribution >= 4 is 12.1 Å². The van der Waals surface area contributed by atoms with Crippen LogP contribution >= 0.6 is 0 Å². The topological polar surface area (TPSA) is 38.0 Å². The van der Waals surface area contributed by atoms with Crippen LogP contribution in [-0.2, 0) is 11.3 Å². The number of ketones is 1. The summed E-state index contributed by atoms with van der Waals surface area (Å²) in [5.41, 5.74) is 1.15. The number of aromatic nitrogens is 1. The van der Waals surface area contributed by atoms with Gasteiger partial charge in [0.2, 0.25) is 0 Å². The largest absolute Gasteiger partial charge is 0.303 e. The summed E-state index contributed by atoms with van der Waals surface area (Å²) in [7, 11) is 0. The van der Waals surface area contributed by atoms with Gasteiger partial charge in [-0.3, -0.25) is 4.79 Å². The Kier molecular flexibility index (Phi) is 4.58. The number of pyridine rings is 1. The molecule has 0 aliphatic rings. The molecule has 3 heteroatoms. The van der Waals surface area contributed by atoms with Gasteiger partial charge in [-0.05, 0) is 18.6 Å². The van der Waals surface area contributed by atoms with Gasteiger partial charge in [0.25, 0.3) is 11.5 Å². The number of carbonyl (C=O) groups is 2. The van der Waals surface area contributed by atoms with E-state index in [0.29, 0.717) is 24.2 Å². The molecule has 0 atom stereocenters. The molecule has 1 aromatic heterocycles. The lowest BCUT2D eigenvalue weighted by Crippen LogP contribution is -2.40. The third-order valence-electron chi connectivity index (χ3n) is 2.28. The molecular weight excluding hydrogens is 202 g/mol. The van der Waals surface area contributed by atoms with Crippen molar-refractivity contribution in [2.75, 3.05) is 0 Å². The first-order valence-electron chi connectivity index (χ1n) is 5.29. The molecule has 0 N–H and O–H groups in total. The number of carbonyl (C=O) groups excluding carboxylic acids is 2. The Hall–Kier alpha value is -1.77. The van der Waals surface area contributed by atoms with E-state index in [4.69, 9.17) is 0 Å². The zero-order valence-corrected chi connectivity index (χ0v) is 9.48. The number of Topliss-reactive ketones (excluding diaryl/α,β-unsaturated/α-hetero) is 1. The van der Waals surface area contributed by atoms with E-state index in [1.807, 2.05) is 22.9 Å². The smallest absolute Gasteiger partial charge is 0.253 e. The number of aryl methyl sites for hydroxylation is 1. The van der Waals surface area contributed by atoms with Crippen molar-refractivity contribution in [3.63, 3.8) is 0 Å². The standard InChI is InChI=1S/C13H16NO2/c1-11(2)13(16)12-7-3-4-8-14(12)9-5-6-10-15/h3-4,7-8,10H,1,5-6,9H2,2H3/q+1. The second kappa shape index (κ2) is 5.95. The van der Waals surface area contributed by atoms with Crippen LogP contribution in [0.5, 0.6) is 0 Å². The van der Waals surface area contributed by atoms with Crippen LogP contribution in [-0.4, -0.2) is 12.1 Å². The van der Waals surface area contributed by atoms with Crippen LogP contribution in [0.4, 0.5) is 0 Å². The van der Waals surface area contributed by atoms with Crippen molar-refractivity contribution in [2.45, 2.75) is 26.3 Å². The minimum atomic E-state index is -0.0493. The summed E-state index contributed by atoms with van der Waals surface area (Å²) in [6.45, 7) is 6.02. The summed E-state index contributed by atoms with van der Waals surface area (Å²) < 4.78 is 1.86. The van der Waals surface area contributed by atoms with Crippen molar-refractivity contribution in [1.82, 2.24) is 0 Å². The van der Waals surface area contributed by atoms with E-state index in [9.17, 15) is 9.59 Å². The molecule has 1 rings (SSSR count). The highest BCUT2D eigenvalue weighted by Gasteiger charge is 2.18. The lowest BCUT2D eigenvalue weighted by molar-refractivity contribution is -0.698. The third kappa shape index (κ3) is 3.12. The fraction of sp³-hybridized carbons (Fsp3) is 0.308. The van der Waals surface area contributed by atoms with Crippen LogP contribution < -0.4 is 4.57 Å². The first kappa shape index (κ1) is 12.3. The number of hydrogen-bond acceptors (Lipinski definition) is 2. The molecule has 0 unspecified atom stereocenters. The molecule has 3 nitrogen and oxygen atoms in total. The average molecular weight is 218 g/mol. The molecular formula is C13H16NO2+. The quantitative estimate of drug-likeness (QED) is 0.240. The molecule has 0 fully saturated rings. The second-order valence-corrected chi connectivity index (χ2v) is 3.70. The van der Waals surface area contributed by atoms with Crippen LogP contribution in [0, 0.1) is 0 Å². The Morgan fingerprint density at radius 2 is 2.25 bits per heavy atom. The fourth-order valence-electron chi connectivity index (χ4n) is 1.44. The van der Waals surface area contributed by atoms with E-state index in [2.05, 4.69) is 6.58 Å². The molecule has 16 heavy (non-hydrogen) atoms. The number of hydrogen-bond donors (Lipinski definition) is 0. The number of aldehydes is 1. The first-order valence-corrected chi connectivity index (χ1v) is 5.29. The molecule has 0 aliphatic carbocycles. The van der Waals surface area contributed by atoms with Crippen molar-refractivity contribution in [2.24, 2.45) is 0 Å². The third-order valence-corrected chi connectivity index (χ3v) is 2.28. The summed E-state index contributed by atoms with van der Waals surface area (Å²) >= 11 is 0. The Balaban J connectivity index is 2.87. The summed E-state index contributed by atoms with van der Waals surface area (Å²) in [5.74, 6) is -0.0493. The van der Waals surface area contributed by atoms with Crippen molar-refractivity contribution in [3.05, 3.63) is 42.2 Å². The van der Waals surface area contributed by atoms with Crippen LogP contribution in [0.2, 0.25) is 0 Å². The highest BCUT2D eigenvalue weighted by Crippen LogP contribution is 2.01. The SMILES string of the molecule is C=C(C)C(=O)c1cccc[n+]1CCCC=O. The molecule has 0 radical (unpaired) electrons. The highest BCUT2D eigenvalue weighted by atomic mass is 16.1. The Morgan fingerprint density at radius 3 is 2.88 bits per heavy atom. The van der Waals surface area contributed by atoms with Gasteiger partial charge in [-0.25, -0.2) is 0 Å². The van der Waals surface area contributed by atoms with Gasteiger partial charge < -0.3 is 4.79 Å². The van der Waals surface area contributed by atoms with Gasteiger partial charge in [0.05, 0.1) is 0 Å². The predicted molar refractivity (Wildman–Crippen MR) is 61.1 cm³/mol. The average Bonchev–Trinajstić information content (AvgIpc) is 2.29. The summed E-state index contributed by atoms with van der Waals surface area (Å²) in [6.07, 6.45) is 4.00. The highest BCUT2D eigenvalue weighted by molar-refractivity contribution is 6.05. The number of allylic oxidation sites excluding steroid dienone is 1. The molecule has 0 saturated heterocycles. The molecule has 0 spiro atoms. The second-order valence-electron chi connectivity index (χ2n) is 3.70. The van der Waals surface area contributed by atoms with E-state index < -0.39 is 0 Å². The van der Waals surface area contributed by atoms with Crippen LogP contribution in [0.15, 0.2) is 36.5 Å². The number of rotatable bonds is 6. The Morgan fingerprint density at radius 1 is 1.50 bits per heavy atom. The van der Waals surface area contributed by atoms with Crippen molar-refractivity contribution in [1.29, 1.82) is 0 Å². The van der Waals surface area contributed by atoms with Gasteiger partial charge >= 0.3 is 0 Å². The number of nitrogens with zero attached hydrogens (tertiary/aromatic N) is 1. The minimum Gasteiger partial charge on any atom is -0.303 e. The van der Waals surface area contributed by atoms with Gasteiger partial charge in [-0.1, -0.05) is 6.58 Å². The fourth-order valence-corrected chi connectivity index (χ4v) is 1.44.